The first kappa shape index (κ1) is 21.2. The second-order valence-corrected chi connectivity index (χ2v) is 9.72. The van der Waals surface area contributed by atoms with E-state index in [4.69, 9.17) is 0 Å². The van der Waals surface area contributed by atoms with Crippen LogP contribution in [0.25, 0.3) is 11.0 Å². The summed E-state index contributed by atoms with van der Waals surface area (Å²) in [4.78, 5) is 17.7. The summed E-state index contributed by atoms with van der Waals surface area (Å²) in [6, 6.07) is 15.4. The molecular formula is C23H24N4O3S. The Bertz CT molecular complexity index is 1250. The summed E-state index contributed by atoms with van der Waals surface area (Å²) in [5.74, 6) is -1.11. The number of para-hydroxylation sites is 2. The fraction of sp³-hybridized carbons (Fsp3) is 0.348. The lowest BCUT2D eigenvalue weighted by molar-refractivity contribution is 0.0975. The van der Waals surface area contributed by atoms with Crippen molar-refractivity contribution in [3.05, 3.63) is 59.9 Å². The first-order valence-electron chi connectivity index (χ1n) is 10.4. The van der Waals surface area contributed by atoms with Crippen LogP contribution in [0.5, 0.6) is 0 Å². The third-order valence-corrected chi connectivity index (χ3v) is 7.73. The Morgan fingerprint density at radius 3 is 2.29 bits per heavy atom. The lowest BCUT2D eigenvalue weighted by Gasteiger charge is -2.20. The maximum absolute atomic E-state index is 13.1. The lowest BCUT2D eigenvalue weighted by Crippen LogP contribution is -2.31. The van der Waals surface area contributed by atoms with Crippen LogP contribution in [0.2, 0.25) is 0 Å². The number of rotatable bonds is 5. The van der Waals surface area contributed by atoms with Gasteiger partial charge in [-0.15, -0.1) is 0 Å². The smallest absolute Gasteiger partial charge is 0.243 e. The molecule has 160 valence electrons. The summed E-state index contributed by atoms with van der Waals surface area (Å²) >= 11 is 0. The number of fused-ring (bicyclic) bond motifs is 1. The highest BCUT2D eigenvalue weighted by Crippen LogP contribution is 2.25. The van der Waals surface area contributed by atoms with Gasteiger partial charge in [0.2, 0.25) is 10.0 Å². The van der Waals surface area contributed by atoms with E-state index in [9.17, 15) is 18.5 Å². The van der Waals surface area contributed by atoms with Gasteiger partial charge in [-0.2, -0.15) is 9.57 Å². The Morgan fingerprint density at radius 1 is 1.03 bits per heavy atom. The van der Waals surface area contributed by atoms with Crippen molar-refractivity contribution in [2.45, 2.75) is 36.5 Å². The van der Waals surface area contributed by atoms with Crippen LogP contribution in [0.3, 0.4) is 0 Å². The third kappa shape index (κ3) is 3.99. The van der Waals surface area contributed by atoms with Crippen molar-refractivity contribution in [1.29, 1.82) is 5.26 Å². The average Bonchev–Trinajstić information content (AvgIpc) is 2.96. The number of carbonyl (C=O) groups excluding carboxylic acids is 1. The second kappa shape index (κ2) is 8.61. The molecule has 1 fully saturated rings. The zero-order valence-electron chi connectivity index (χ0n) is 17.4. The van der Waals surface area contributed by atoms with Gasteiger partial charge in [-0.25, -0.2) is 13.4 Å². The van der Waals surface area contributed by atoms with Crippen molar-refractivity contribution in [1.82, 2.24) is 13.9 Å². The quantitative estimate of drug-likeness (QED) is 0.569. The summed E-state index contributed by atoms with van der Waals surface area (Å²) in [6.07, 6.45) is 3.80. The number of carbonyl (C=O) groups is 1. The minimum atomic E-state index is -3.59. The van der Waals surface area contributed by atoms with Gasteiger partial charge in [-0.3, -0.25) is 4.79 Å². The minimum Gasteiger partial charge on any atom is -0.330 e. The molecule has 1 atom stereocenters. The summed E-state index contributed by atoms with van der Waals surface area (Å²) < 4.78 is 29.2. The van der Waals surface area contributed by atoms with Crippen LogP contribution in [0, 0.1) is 11.3 Å². The molecule has 0 saturated carbocycles. The van der Waals surface area contributed by atoms with Gasteiger partial charge in [-0.1, -0.05) is 37.1 Å². The van der Waals surface area contributed by atoms with Gasteiger partial charge in [-0.05, 0) is 37.1 Å². The molecule has 1 aliphatic rings. The van der Waals surface area contributed by atoms with E-state index in [1.165, 1.54) is 28.6 Å². The minimum absolute atomic E-state index is 0.169. The molecule has 0 spiro atoms. The van der Waals surface area contributed by atoms with Crippen molar-refractivity contribution >= 4 is 26.8 Å². The molecule has 1 saturated heterocycles. The highest BCUT2D eigenvalue weighted by atomic mass is 32.2. The molecule has 7 nitrogen and oxygen atoms in total. The lowest BCUT2D eigenvalue weighted by atomic mass is 9.98. The number of ketones is 1. The zero-order valence-corrected chi connectivity index (χ0v) is 18.2. The van der Waals surface area contributed by atoms with Gasteiger partial charge in [0.25, 0.3) is 0 Å². The molecule has 4 rings (SSSR count). The maximum atomic E-state index is 13.1. The summed E-state index contributed by atoms with van der Waals surface area (Å²) in [7, 11) is -1.81. The van der Waals surface area contributed by atoms with Crippen LogP contribution < -0.4 is 0 Å². The summed E-state index contributed by atoms with van der Waals surface area (Å²) in [6.45, 7) is 1.04. The van der Waals surface area contributed by atoms with E-state index in [1.807, 2.05) is 24.3 Å². The third-order valence-electron chi connectivity index (χ3n) is 5.81. The Morgan fingerprint density at radius 2 is 1.68 bits per heavy atom. The Labute approximate surface area is 182 Å². The molecule has 0 bridgehead atoms. The molecule has 1 aliphatic heterocycles. The van der Waals surface area contributed by atoms with Gasteiger partial charge in [0.05, 0.1) is 22.0 Å². The monoisotopic (exact) mass is 436 g/mol. The number of hydrogen-bond acceptors (Lipinski definition) is 5. The van der Waals surface area contributed by atoms with Crippen LogP contribution in [0.15, 0.2) is 53.4 Å². The van der Waals surface area contributed by atoms with E-state index in [1.54, 1.807) is 11.6 Å². The van der Waals surface area contributed by atoms with Gasteiger partial charge in [0, 0.05) is 25.7 Å². The second-order valence-electron chi connectivity index (χ2n) is 7.79. The molecule has 8 heteroatoms. The number of aromatic nitrogens is 2. The fourth-order valence-corrected chi connectivity index (χ4v) is 5.56. The number of nitriles is 1. The average molecular weight is 437 g/mol. The number of aryl methyl sites for hydroxylation is 1. The van der Waals surface area contributed by atoms with Crippen molar-refractivity contribution in [3.63, 3.8) is 0 Å². The van der Waals surface area contributed by atoms with E-state index < -0.39 is 21.7 Å². The first-order chi connectivity index (χ1) is 14.9. The van der Waals surface area contributed by atoms with Crippen molar-refractivity contribution < 1.29 is 13.2 Å². The van der Waals surface area contributed by atoms with Gasteiger partial charge < -0.3 is 4.57 Å². The molecule has 3 aromatic rings. The van der Waals surface area contributed by atoms with Crippen molar-refractivity contribution in [2.75, 3.05) is 13.1 Å². The number of sulfonamides is 1. The molecule has 0 aliphatic carbocycles. The van der Waals surface area contributed by atoms with Crippen LogP contribution in [-0.2, 0) is 17.1 Å². The predicted molar refractivity (Wildman–Crippen MR) is 117 cm³/mol. The van der Waals surface area contributed by atoms with Crippen molar-refractivity contribution in [2.24, 2.45) is 7.05 Å². The maximum Gasteiger partial charge on any atom is 0.243 e. The molecule has 2 aromatic carbocycles. The molecule has 0 amide bonds. The number of benzene rings is 2. The molecule has 0 radical (unpaired) electrons. The Balaban J connectivity index is 1.61. The topological polar surface area (TPSA) is 96.1 Å². The van der Waals surface area contributed by atoms with E-state index >= 15 is 0 Å². The molecule has 1 aromatic heterocycles. The van der Waals surface area contributed by atoms with Crippen molar-refractivity contribution in [3.8, 4) is 6.07 Å². The number of nitrogens with zero attached hydrogens (tertiary/aromatic N) is 4. The predicted octanol–water partition coefficient (Wildman–Crippen LogP) is 3.63. The normalized spacial score (nSPS) is 16.5. The molecule has 31 heavy (non-hydrogen) atoms. The molecule has 2 heterocycles. The highest BCUT2D eigenvalue weighted by molar-refractivity contribution is 7.89. The zero-order chi connectivity index (χ0) is 22.0. The van der Waals surface area contributed by atoms with E-state index in [-0.39, 0.29) is 10.5 Å². The fourth-order valence-electron chi connectivity index (χ4n) is 4.04. The number of imidazole rings is 1. The number of Topliss-reactive ketones (excluding diaryl/α,β-unsaturated/α-hetero) is 1. The van der Waals surface area contributed by atoms with Gasteiger partial charge >= 0.3 is 0 Å². The molecule has 0 N–H and O–H groups in total. The first-order valence-corrected chi connectivity index (χ1v) is 11.8. The van der Waals surface area contributed by atoms with Crippen LogP contribution in [-0.4, -0.2) is 41.1 Å². The SMILES string of the molecule is Cn1c(C(C#N)C(=O)c2ccc(S(=O)(=O)N3CCCCCC3)cc2)nc2ccccc21. The number of hydrogen-bond donors (Lipinski definition) is 0. The van der Waals surface area contributed by atoms with E-state index in [0.29, 0.717) is 24.4 Å². The molecule has 1 unspecified atom stereocenters. The van der Waals surface area contributed by atoms with E-state index in [2.05, 4.69) is 11.1 Å². The van der Waals surface area contributed by atoms with Gasteiger partial charge in [0.1, 0.15) is 5.82 Å². The largest absolute Gasteiger partial charge is 0.330 e. The van der Waals surface area contributed by atoms with E-state index in [0.717, 1.165) is 31.2 Å². The molecular weight excluding hydrogens is 412 g/mol. The standard InChI is InChI=1S/C23H24N4O3S/c1-26-21-9-5-4-8-20(21)25-23(26)19(16-24)22(28)17-10-12-18(13-11-17)31(29,30)27-14-6-2-3-7-15-27/h4-5,8-13,19H,2-3,6-7,14-15H2,1H3. The summed E-state index contributed by atoms with van der Waals surface area (Å²) in [5, 5.41) is 9.71. The van der Waals surface area contributed by atoms with Crippen LogP contribution >= 0.6 is 0 Å². The highest BCUT2D eigenvalue weighted by Gasteiger charge is 2.29. The summed E-state index contributed by atoms with van der Waals surface area (Å²) in [5.41, 5.74) is 1.84. The van der Waals surface area contributed by atoms with Crippen LogP contribution in [0.4, 0.5) is 0 Å². The Hall–Kier alpha value is -3.02. The van der Waals surface area contributed by atoms with Crippen LogP contribution in [0.1, 0.15) is 47.8 Å². The Kier molecular flexibility index (Phi) is 5.90. The van der Waals surface area contributed by atoms with Gasteiger partial charge in [0.15, 0.2) is 11.7 Å².